The molecule has 0 saturated carbocycles. The Morgan fingerprint density at radius 1 is 1.03 bits per heavy atom. The van der Waals surface area contributed by atoms with Crippen LogP contribution in [0.25, 0.3) is 0 Å². The molecular weight excluding hydrogens is 362 g/mol. The Morgan fingerprint density at radius 2 is 1.62 bits per heavy atom. The fourth-order valence-corrected chi connectivity index (χ4v) is 3.64. The van der Waals surface area contributed by atoms with E-state index in [1.54, 1.807) is 7.11 Å². The fraction of sp³-hybridized carbons (Fsp3) is 0.458. The number of likely N-dealkylation sites (N-methyl/N-ethyl adjacent to an activating group) is 1. The first-order valence-electron chi connectivity index (χ1n) is 10.1. The zero-order valence-electron chi connectivity index (χ0n) is 18.6. The molecule has 0 bridgehead atoms. The van der Waals surface area contributed by atoms with Crippen molar-refractivity contribution in [2.75, 3.05) is 34.3 Å². The zero-order chi connectivity index (χ0) is 21.6. The highest BCUT2D eigenvalue weighted by Gasteiger charge is 2.36. The summed E-state index contributed by atoms with van der Waals surface area (Å²) in [7, 11) is 5.19. The first kappa shape index (κ1) is 22.9. The van der Waals surface area contributed by atoms with Gasteiger partial charge in [-0.15, -0.1) is 0 Å². The Hall–Kier alpha value is -2.37. The monoisotopic (exact) mass is 397 g/mol. The number of hydrogen-bond acceptors (Lipinski definition) is 4. The van der Waals surface area contributed by atoms with Crippen LogP contribution in [0, 0.1) is 0 Å². The van der Waals surface area contributed by atoms with Crippen LogP contribution < -0.4 is 10.5 Å². The quantitative estimate of drug-likeness (QED) is 0.838. The van der Waals surface area contributed by atoms with Crippen LogP contribution in [-0.2, 0) is 16.6 Å². The van der Waals surface area contributed by atoms with Gasteiger partial charge in [-0.05, 0) is 54.8 Å². The van der Waals surface area contributed by atoms with Crippen molar-refractivity contribution in [1.29, 1.82) is 0 Å². The lowest BCUT2D eigenvalue weighted by Crippen LogP contribution is -2.32. The summed E-state index contributed by atoms with van der Waals surface area (Å²) < 4.78 is 5.22. The van der Waals surface area contributed by atoms with Crippen LogP contribution in [0.1, 0.15) is 43.6 Å². The molecule has 158 valence electrons. The number of hydrogen-bond donors (Lipinski definition) is 1. The molecule has 1 saturated heterocycles. The maximum atomic E-state index is 12.6. The third kappa shape index (κ3) is 5.58. The molecule has 1 aliphatic rings. The van der Waals surface area contributed by atoms with Crippen molar-refractivity contribution in [2.24, 2.45) is 5.73 Å². The van der Waals surface area contributed by atoms with Crippen LogP contribution in [0.3, 0.4) is 0 Å². The average molecular weight is 398 g/mol. The maximum Gasteiger partial charge on any atom is 0.238 e. The van der Waals surface area contributed by atoms with Gasteiger partial charge in [0.1, 0.15) is 11.9 Å². The summed E-state index contributed by atoms with van der Waals surface area (Å²) in [4.78, 5) is 16.7. The number of carbonyl (C=O) groups excluding carboxylic acids is 1. The molecule has 5 heteroatoms. The Morgan fingerprint density at radius 3 is 2.14 bits per heavy atom. The lowest BCUT2D eigenvalue weighted by atomic mass is 9.86. The first-order chi connectivity index (χ1) is 13.8. The predicted octanol–water partition coefficient (Wildman–Crippen LogP) is 3.58. The highest BCUT2D eigenvalue weighted by molar-refractivity contribution is 5.81. The van der Waals surface area contributed by atoms with Crippen molar-refractivity contribution in [3.63, 3.8) is 0 Å². The normalized spacial score (nSPS) is 17.1. The summed E-state index contributed by atoms with van der Waals surface area (Å²) in [5, 5.41) is 0. The Balaban J connectivity index is 0.00000145. The maximum absolute atomic E-state index is 12.6. The van der Waals surface area contributed by atoms with Crippen molar-refractivity contribution < 1.29 is 9.53 Å². The van der Waals surface area contributed by atoms with Gasteiger partial charge >= 0.3 is 0 Å². The molecule has 1 heterocycles. The molecule has 1 fully saturated rings. The molecule has 0 aliphatic carbocycles. The molecular formula is C24H35N3O2. The number of nitrogens with two attached hydrogens (primary N) is 1. The van der Waals surface area contributed by atoms with Crippen molar-refractivity contribution >= 4 is 5.91 Å². The zero-order valence-corrected chi connectivity index (χ0v) is 18.6. The van der Waals surface area contributed by atoms with Gasteiger partial charge in [-0.25, -0.2) is 0 Å². The molecule has 0 spiro atoms. The third-order valence-corrected chi connectivity index (χ3v) is 5.29. The summed E-state index contributed by atoms with van der Waals surface area (Å²) in [6.45, 7) is 7.83. The summed E-state index contributed by atoms with van der Waals surface area (Å²) in [6.07, 6.45) is 0.838. The smallest absolute Gasteiger partial charge is 0.238 e. The number of carbonyl (C=O) groups is 1. The van der Waals surface area contributed by atoms with Gasteiger partial charge in [0.25, 0.3) is 0 Å². The molecule has 2 aromatic carbocycles. The molecule has 1 unspecified atom stereocenters. The van der Waals surface area contributed by atoms with Gasteiger partial charge in [-0.2, -0.15) is 0 Å². The van der Waals surface area contributed by atoms with Crippen molar-refractivity contribution in [3.05, 3.63) is 65.2 Å². The highest BCUT2D eigenvalue weighted by atomic mass is 16.5. The number of nitrogens with zero attached hydrogens (tertiary/aromatic N) is 2. The molecule has 2 aromatic rings. The molecule has 5 nitrogen and oxygen atoms in total. The van der Waals surface area contributed by atoms with E-state index in [-0.39, 0.29) is 17.5 Å². The van der Waals surface area contributed by atoms with E-state index in [2.05, 4.69) is 67.8 Å². The third-order valence-electron chi connectivity index (χ3n) is 5.29. The van der Waals surface area contributed by atoms with E-state index < -0.39 is 0 Å². The lowest BCUT2D eigenvalue weighted by Gasteiger charge is -2.29. The average Bonchev–Trinajstić information content (AvgIpc) is 3.00. The van der Waals surface area contributed by atoms with Crippen molar-refractivity contribution in [3.8, 4) is 5.75 Å². The van der Waals surface area contributed by atoms with Crippen LogP contribution in [0.4, 0.5) is 0 Å². The number of methoxy groups -OCH3 is 1. The minimum Gasteiger partial charge on any atom is -0.497 e. The second-order valence-corrected chi connectivity index (χ2v) is 8.35. The van der Waals surface area contributed by atoms with Crippen molar-refractivity contribution in [1.82, 2.24) is 9.80 Å². The summed E-state index contributed by atoms with van der Waals surface area (Å²) >= 11 is 0. The highest BCUT2D eigenvalue weighted by Crippen LogP contribution is 2.31. The van der Waals surface area contributed by atoms with E-state index in [1.165, 1.54) is 23.7 Å². The van der Waals surface area contributed by atoms with E-state index >= 15 is 0 Å². The van der Waals surface area contributed by atoms with E-state index in [0.29, 0.717) is 13.1 Å². The number of rotatable bonds is 5. The Bertz CT molecular complexity index is 779. The van der Waals surface area contributed by atoms with E-state index in [9.17, 15) is 4.79 Å². The van der Waals surface area contributed by atoms with Gasteiger partial charge < -0.3 is 15.4 Å². The Labute approximate surface area is 175 Å². The second-order valence-electron chi connectivity index (χ2n) is 8.35. The molecule has 1 aliphatic heterocycles. The summed E-state index contributed by atoms with van der Waals surface area (Å²) in [5.74, 6) is 1.04. The van der Waals surface area contributed by atoms with Gasteiger partial charge in [0, 0.05) is 6.54 Å². The summed E-state index contributed by atoms with van der Waals surface area (Å²) in [6, 6.07) is 16.8. The topological polar surface area (TPSA) is 58.8 Å². The molecule has 1 atom stereocenters. The number of benzene rings is 2. The van der Waals surface area contributed by atoms with Crippen LogP contribution in [-0.4, -0.2) is 50.0 Å². The molecule has 3 rings (SSSR count). The summed E-state index contributed by atoms with van der Waals surface area (Å²) in [5.41, 5.74) is 8.32. The van der Waals surface area contributed by atoms with Crippen LogP contribution in [0.15, 0.2) is 48.5 Å². The van der Waals surface area contributed by atoms with Gasteiger partial charge in [0.05, 0.1) is 13.7 Å². The van der Waals surface area contributed by atoms with Gasteiger partial charge in [0.2, 0.25) is 5.91 Å². The first-order valence-corrected chi connectivity index (χ1v) is 10.1. The molecule has 0 aromatic heterocycles. The molecule has 0 radical (unpaired) electrons. The predicted molar refractivity (Wildman–Crippen MR) is 119 cm³/mol. The van der Waals surface area contributed by atoms with Gasteiger partial charge in [0.15, 0.2) is 0 Å². The molecule has 29 heavy (non-hydrogen) atoms. The van der Waals surface area contributed by atoms with E-state index in [0.717, 1.165) is 12.2 Å². The van der Waals surface area contributed by atoms with Crippen LogP contribution in [0.2, 0.25) is 0 Å². The fourth-order valence-electron chi connectivity index (χ4n) is 3.64. The number of amides is 1. The minimum atomic E-state index is 0.00441. The van der Waals surface area contributed by atoms with E-state index in [4.69, 9.17) is 4.74 Å². The largest absolute Gasteiger partial charge is 0.497 e. The minimum absolute atomic E-state index is 0.00441. The van der Waals surface area contributed by atoms with Crippen molar-refractivity contribution in [2.45, 2.75) is 38.8 Å². The lowest BCUT2D eigenvalue weighted by molar-refractivity contribution is -0.128. The standard InChI is InChI=1S/C23H30N2O2.CH5N/c1-23(2,3)19-10-8-18(9-11-19)22-24(4)16-21(26)25(22)15-14-17-6-12-20(27-5)13-7-17;1-2/h6-13,22H,14-16H2,1-5H3;2H2,1H3. The van der Waals surface area contributed by atoms with Gasteiger partial charge in [-0.1, -0.05) is 57.2 Å². The van der Waals surface area contributed by atoms with Gasteiger partial charge in [-0.3, -0.25) is 9.69 Å². The van der Waals surface area contributed by atoms with Crippen LogP contribution in [0.5, 0.6) is 5.75 Å². The number of ether oxygens (including phenoxy) is 1. The molecule has 1 amide bonds. The SMILES string of the molecule is CN.COc1ccc(CCN2C(=O)CN(C)C2c2ccc(C(C)(C)C)cc2)cc1. The Kier molecular flexibility index (Phi) is 7.82. The van der Waals surface area contributed by atoms with E-state index in [1.807, 2.05) is 24.1 Å². The van der Waals surface area contributed by atoms with Crippen LogP contribution >= 0.6 is 0 Å². The second kappa shape index (κ2) is 9.90. The molecule has 2 N–H and O–H groups in total.